The minimum Gasteiger partial charge on any atom is -0.497 e. The van der Waals surface area contributed by atoms with Crippen LogP contribution < -0.4 is 59.7 Å². The monoisotopic (exact) mass is 2020 g/mol. The second-order valence-corrected chi connectivity index (χ2v) is 30.9. The number of amides is 5. The van der Waals surface area contributed by atoms with E-state index in [0.717, 1.165) is 29.3 Å². The summed E-state index contributed by atoms with van der Waals surface area (Å²) in [5.74, 6) is -4.94. The van der Waals surface area contributed by atoms with Gasteiger partial charge in [-0.3, -0.25) is 33.6 Å². The van der Waals surface area contributed by atoms with Crippen LogP contribution in [-0.4, -0.2) is 160 Å². The molecule has 752 valence electrons. The molecular weight excluding hydrogens is 1930 g/mol. The number of terminal acetylenes is 2. The Morgan fingerprint density at radius 1 is 0.322 bits per heavy atom. The van der Waals surface area contributed by atoms with E-state index < -0.39 is 94.6 Å². The Morgan fingerprint density at radius 3 is 1.11 bits per heavy atom. The number of methoxy groups -OCH3 is 3. The van der Waals surface area contributed by atoms with Crippen LogP contribution in [0, 0.1) is 60.4 Å². The highest BCUT2D eigenvalue weighted by Crippen LogP contribution is 2.36. The molecule has 0 aromatic heterocycles. The van der Waals surface area contributed by atoms with Gasteiger partial charge in [0.05, 0.1) is 122 Å². The van der Waals surface area contributed by atoms with E-state index in [1.54, 1.807) is 159 Å². The van der Waals surface area contributed by atoms with Gasteiger partial charge in [0.1, 0.15) is 47.9 Å². The van der Waals surface area contributed by atoms with Gasteiger partial charge in [0, 0.05) is 59.2 Å². The first kappa shape index (κ1) is 110. The lowest BCUT2D eigenvalue weighted by molar-refractivity contribution is 0.0683. The number of fused-ring (bicyclic) bond motifs is 2. The predicted molar refractivity (Wildman–Crippen MR) is 537 cm³/mol. The first-order valence-corrected chi connectivity index (χ1v) is 43.7. The fraction of sp³-hybridized carbons (Fsp3) is 0.0804. The van der Waals surface area contributed by atoms with E-state index in [2.05, 4.69) is 38.4 Å². The maximum absolute atomic E-state index is 13.7. The van der Waals surface area contributed by atoms with Gasteiger partial charge in [0.25, 0.3) is 29.5 Å². The summed E-state index contributed by atoms with van der Waals surface area (Å²) in [6.45, 7) is 2.85. The molecule has 37 heteroatoms. The molecule has 0 unspecified atom stereocenters. The summed E-state index contributed by atoms with van der Waals surface area (Å²) in [7, 11) is 4.46. The lowest BCUT2D eigenvalue weighted by Crippen LogP contribution is -2.18. The molecule has 16 rings (SSSR count). The zero-order valence-electron chi connectivity index (χ0n) is 78.8. The van der Waals surface area contributed by atoms with Crippen molar-refractivity contribution >= 4 is 111 Å². The molecule has 0 spiro atoms. The Bertz CT molecular complexity index is 7650. The summed E-state index contributed by atoms with van der Waals surface area (Å²) >= 11 is 0. The van der Waals surface area contributed by atoms with Crippen molar-refractivity contribution in [3.63, 3.8) is 0 Å². The maximum atomic E-state index is 13.7. The number of hydrogen-bond donors (Lipinski definition) is 12. The molecule has 5 amide bonds. The highest BCUT2D eigenvalue weighted by atomic mass is 19.1. The van der Waals surface area contributed by atoms with E-state index in [4.69, 9.17) is 87.0 Å². The largest absolute Gasteiger partial charge is 0.497 e. The molecule has 0 aliphatic carbocycles. The number of aryl methyl sites for hydroxylation is 1. The predicted octanol–water partition coefficient (Wildman–Crippen LogP) is 18.9. The Morgan fingerprint density at radius 2 is 0.685 bits per heavy atom. The third-order valence-electron chi connectivity index (χ3n) is 21.0. The van der Waals surface area contributed by atoms with Crippen LogP contribution in [-0.2, 0) is 12.8 Å². The second kappa shape index (κ2) is 53.1. The van der Waals surface area contributed by atoms with Gasteiger partial charge in [-0.15, -0.1) is 12.8 Å². The summed E-state index contributed by atoms with van der Waals surface area (Å²) in [5, 5.41) is 85.2. The Kier molecular flexibility index (Phi) is 39.2. The second-order valence-electron chi connectivity index (χ2n) is 30.9. The highest BCUT2D eigenvalue weighted by molar-refractivity contribution is 6.15. The van der Waals surface area contributed by atoms with Crippen LogP contribution in [0.5, 0.6) is 40.2 Å². The van der Waals surface area contributed by atoms with Crippen LogP contribution in [0.3, 0.4) is 0 Å². The number of hydrogen-bond acceptors (Lipinski definition) is 22. The Labute approximate surface area is 846 Å². The number of nitrogens with one attached hydrogen (secondary N) is 5. The molecular formula is C112H85F3N6O28. The van der Waals surface area contributed by atoms with Crippen molar-refractivity contribution in [2.45, 2.75) is 19.8 Å². The van der Waals surface area contributed by atoms with Gasteiger partial charge in [-0.25, -0.2) is 46.7 Å². The topological polar surface area (TPSA) is 529 Å². The van der Waals surface area contributed by atoms with Crippen molar-refractivity contribution in [2.75, 3.05) is 67.9 Å². The number of anilines is 5. The smallest absolute Gasteiger partial charge is 0.336 e. The van der Waals surface area contributed by atoms with Crippen LogP contribution >= 0.6 is 0 Å². The fourth-order valence-corrected chi connectivity index (χ4v) is 13.9. The molecule has 0 atom stereocenters. The lowest BCUT2D eigenvalue weighted by Gasteiger charge is -2.19. The number of aromatic carboxylic acids is 7. The average Bonchev–Trinajstić information content (AvgIpc) is 1.03. The molecule has 0 saturated carbocycles. The van der Waals surface area contributed by atoms with E-state index in [0.29, 0.717) is 81.6 Å². The number of carboxylic acid groups (broad SMARTS) is 7. The first-order valence-electron chi connectivity index (χ1n) is 43.7. The van der Waals surface area contributed by atoms with Crippen LogP contribution in [0.2, 0.25) is 0 Å². The maximum Gasteiger partial charge on any atom is 0.336 e. The number of ether oxygens (including phenoxy) is 7. The Balaban J connectivity index is 0.000000178. The number of halogens is 3. The van der Waals surface area contributed by atoms with Crippen LogP contribution in [0.1, 0.15) is 178 Å². The highest BCUT2D eigenvalue weighted by Gasteiger charge is 2.27. The van der Waals surface area contributed by atoms with Gasteiger partial charge in [-0.2, -0.15) is 5.26 Å². The van der Waals surface area contributed by atoms with Crippen molar-refractivity contribution in [1.29, 1.82) is 5.26 Å². The number of carbonyl (C=O) groups excluding carboxylic acids is 7. The lowest BCUT2D eigenvalue weighted by atomic mass is 9.97. The summed E-state index contributed by atoms with van der Waals surface area (Å²) < 4.78 is 77.0. The van der Waals surface area contributed by atoms with E-state index in [1.807, 2.05) is 0 Å². The number of Topliss-reactive ketones (excluding diaryl/α,β-unsaturated/α-hetero) is 2. The molecule has 0 saturated heterocycles. The van der Waals surface area contributed by atoms with Gasteiger partial charge in [0.15, 0.2) is 34.6 Å². The molecule has 2 heterocycles. The first-order chi connectivity index (χ1) is 71.4. The number of rotatable bonds is 26. The van der Waals surface area contributed by atoms with E-state index in [9.17, 15) is 80.3 Å². The Hall–Kier alpha value is -20.9. The fourth-order valence-electron chi connectivity index (χ4n) is 13.9. The van der Waals surface area contributed by atoms with E-state index in [1.165, 1.54) is 155 Å². The minimum absolute atomic E-state index is 0.0107. The van der Waals surface area contributed by atoms with Gasteiger partial charge in [0.2, 0.25) is 6.79 Å². The van der Waals surface area contributed by atoms with Crippen LogP contribution in [0.15, 0.2) is 297 Å². The number of nitrogens with zero attached hydrogens (tertiary/aromatic N) is 1. The number of benzene rings is 14. The van der Waals surface area contributed by atoms with Gasteiger partial charge >= 0.3 is 41.8 Å². The zero-order chi connectivity index (χ0) is 108. The number of ketones is 2. The molecule has 0 fully saturated rings. The zero-order valence-corrected chi connectivity index (χ0v) is 78.8. The van der Waals surface area contributed by atoms with Crippen molar-refractivity contribution in [2.24, 2.45) is 0 Å². The summed E-state index contributed by atoms with van der Waals surface area (Å²) in [6, 6.07) is 75.3. The number of carboxylic acids is 7. The standard InChI is InChI=1S/C17H13NO4.2C16H10FNO3.C16H13NO5.C16H15NO5.C16H12O5.C15H12FNO3/c1-3-11-8-9-12(10-15(11)22-2)18-16(19)13-6-4-5-7-14(13)17(20)21;1-2-10-9-11(7-8-14(10)17)18-15(19)12-5-3-4-6-13(12)16(20)21;17-12-6-10(5-11(7-12)9-18)8-15(19)13-3-1-2-4-14(13)16(20)21;18-15(11-3-1-2-4-12(11)16(19)20)17-10-5-6-13-14(9-10)22-8-7-21-13;1-21-10-7-8-14(22-2)13(9-10)17-15(18)11-5-3-4-6-12(11)16(19)20;17-13(11-3-1-2-4-12(11)16(18)19)7-10-5-6-14-15(8-10)21-9-20-14;1-9-6-7-13(12(16)8-9)17-14(18)10-4-2-3-5-11(10)15(19)20/h1,4-10H,2H3,(H,18,19)(H,20,21);1,3-9H,(H,18,19)(H,20,21);1-7H,8H2,(H,20,21);1-6,9H,7-8H2,(H,17,18)(H,19,20);3-9H,1-2H3,(H,17,18)(H,19,20);1-6,8H,7,9H2,(H,18,19);2-8H,1H3,(H,17,18)(H,19,20). The van der Waals surface area contributed by atoms with E-state index in [-0.39, 0.29) is 126 Å². The quantitative estimate of drug-likeness (QED) is 0.0177. The average molecular weight is 2020 g/mol. The molecule has 14 aromatic carbocycles. The molecule has 12 N–H and O–H groups in total. The van der Waals surface area contributed by atoms with Gasteiger partial charge in [-0.05, 0) is 193 Å². The van der Waals surface area contributed by atoms with Gasteiger partial charge < -0.3 is 95.5 Å². The third kappa shape index (κ3) is 30.5. The minimum atomic E-state index is -1.21. The van der Waals surface area contributed by atoms with Crippen molar-refractivity contribution in [1.82, 2.24) is 0 Å². The number of nitriles is 1. The SMILES string of the molecule is C#Cc1cc(NC(=O)c2ccccc2C(=O)O)ccc1F.C#Cc1ccc(NC(=O)c2ccccc2C(=O)O)cc1OC.COc1ccc(OC)c(NC(=O)c2ccccc2C(=O)O)c1.Cc1ccc(NC(=O)c2ccccc2C(=O)O)c(F)c1.N#Cc1cc(F)cc(CC(=O)c2ccccc2C(=O)O)c1.O=C(O)c1ccccc1C(=O)Cc1ccc2c(c1)OCO2.O=C(O)c1ccccc1C(=O)Nc1ccc2c(c1)OCCO2. The summed E-state index contributed by atoms with van der Waals surface area (Å²) in [4.78, 5) is 163. The molecule has 2 aliphatic heterocycles. The molecule has 2 aliphatic rings. The van der Waals surface area contributed by atoms with Crippen molar-refractivity contribution < 1.29 is 149 Å². The van der Waals surface area contributed by atoms with Crippen LogP contribution in [0.25, 0.3) is 0 Å². The normalized spacial score (nSPS) is 10.6. The van der Waals surface area contributed by atoms with Gasteiger partial charge in [-0.1, -0.05) is 121 Å². The summed E-state index contributed by atoms with van der Waals surface area (Å²) in [6.07, 6.45) is 10.4. The molecule has 0 radical (unpaired) electrons. The number of carbonyl (C=O) groups is 14. The summed E-state index contributed by atoms with van der Waals surface area (Å²) in [5.41, 5.74) is 4.19. The van der Waals surface area contributed by atoms with Crippen molar-refractivity contribution in [3.8, 4) is 71.0 Å². The molecule has 14 aromatic rings. The molecule has 34 nitrogen and oxygen atoms in total. The third-order valence-corrected chi connectivity index (χ3v) is 21.0. The molecule has 149 heavy (non-hydrogen) atoms. The van der Waals surface area contributed by atoms with Crippen molar-refractivity contribution in [3.05, 3.63) is 426 Å². The van der Waals surface area contributed by atoms with Crippen LogP contribution in [0.4, 0.5) is 41.6 Å². The molecule has 0 bridgehead atoms. The van der Waals surface area contributed by atoms with E-state index >= 15 is 0 Å².